The van der Waals surface area contributed by atoms with Crippen molar-refractivity contribution in [3.8, 4) is 11.5 Å². The summed E-state index contributed by atoms with van der Waals surface area (Å²) in [5.74, 6) is 1.50. The van der Waals surface area contributed by atoms with Gasteiger partial charge in [-0.25, -0.2) is 4.21 Å². The van der Waals surface area contributed by atoms with Crippen LogP contribution in [-0.2, 0) is 15.4 Å². The van der Waals surface area contributed by atoms with Crippen LogP contribution in [0.15, 0.2) is 66.7 Å². The minimum atomic E-state index is -1.58. The third-order valence-corrected chi connectivity index (χ3v) is 4.35. The van der Waals surface area contributed by atoms with Crippen LogP contribution in [0.2, 0.25) is 0 Å². The topological polar surface area (TPSA) is 73.6 Å². The highest BCUT2D eigenvalue weighted by Crippen LogP contribution is 2.30. The Morgan fingerprint density at radius 2 is 1.72 bits per heavy atom. The zero-order valence-electron chi connectivity index (χ0n) is 13.7. The second-order valence-corrected chi connectivity index (χ2v) is 6.31. The van der Waals surface area contributed by atoms with Gasteiger partial charge in [-0.1, -0.05) is 36.4 Å². The highest BCUT2D eigenvalue weighted by molar-refractivity contribution is 7.81. The number of rotatable bonds is 8. The summed E-state index contributed by atoms with van der Waals surface area (Å²) in [5, 5.41) is 2.19. The largest absolute Gasteiger partial charge is 0.457 e. The molecular weight excluding hydrogens is 336 g/mol. The molecule has 0 heterocycles. The Kier molecular flexibility index (Phi) is 6.00. The van der Waals surface area contributed by atoms with Crippen molar-refractivity contribution >= 4 is 27.7 Å². The summed E-state index contributed by atoms with van der Waals surface area (Å²) >= 11 is -1.58. The number of nitrogens with two attached hydrogens (primary N) is 1. The molecule has 0 aliphatic heterocycles. The van der Waals surface area contributed by atoms with Gasteiger partial charge < -0.3 is 10.5 Å². The smallest absolute Gasteiger partial charge is 0.261 e. The molecule has 0 bridgehead atoms. The van der Waals surface area contributed by atoms with Gasteiger partial charge >= 0.3 is 0 Å². The number of hydrogen-bond acceptors (Lipinski definition) is 4. The fourth-order valence-electron chi connectivity index (χ4n) is 2.35. The Morgan fingerprint density at radius 1 is 0.960 bits per heavy atom. The maximum atomic E-state index is 11.7. The van der Waals surface area contributed by atoms with E-state index in [1.165, 1.54) is 0 Å². The summed E-state index contributed by atoms with van der Waals surface area (Å²) in [6.45, 7) is 0.871. The van der Waals surface area contributed by atoms with E-state index in [2.05, 4.69) is 16.9 Å². The van der Waals surface area contributed by atoms with Crippen LogP contribution < -0.4 is 15.2 Å². The van der Waals surface area contributed by atoms with E-state index in [9.17, 15) is 4.21 Å². The van der Waals surface area contributed by atoms with Crippen LogP contribution in [0.25, 0.3) is 10.8 Å². The molecule has 0 saturated heterocycles. The van der Waals surface area contributed by atoms with Crippen molar-refractivity contribution in [1.82, 2.24) is 0 Å². The summed E-state index contributed by atoms with van der Waals surface area (Å²) in [6.07, 6.45) is 0.672. The molecule has 0 fully saturated rings. The number of hydrogen-bond donors (Lipinski definition) is 2. The molecule has 5 nitrogen and oxygen atoms in total. The molecular formula is C19H20N2O3S. The van der Waals surface area contributed by atoms with E-state index in [-0.39, 0.29) is 0 Å². The first-order chi connectivity index (χ1) is 12.3. The Labute approximate surface area is 149 Å². The van der Waals surface area contributed by atoms with Gasteiger partial charge in [0.2, 0.25) is 0 Å². The average molecular weight is 356 g/mol. The summed E-state index contributed by atoms with van der Waals surface area (Å²) in [7, 11) is 0. The van der Waals surface area contributed by atoms with Gasteiger partial charge in [0, 0.05) is 11.1 Å². The van der Waals surface area contributed by atoms with E-state index < -0.39 is 11.3 Å². The number of fused-ring (bicyclic) bond motifs is 1. The van der Waals surface area contributed by atoms with E-state index in [0.29, 0.717) is 31.0 Å². The predicted molar refractivity (Wildman–Crippen MR) is 102 cm³/mol. The van der Waals surface area contributed by atoms with Crippen LogP contribution in [0, 0.1) is 0 Å². The zero-order chi connectivity index (χ0) is 17.5. The Balaban J connectivity index is 1.65. The summed E-state index contributed by atoms with van der Waals surface area (Å²) < 4.78 is 25.6. The summed E-state index contributed by atoms with van der Waals surface area (Å²) in [5.41, 5.74) is 6.06. The number of benzene rings is 3. The van der Waals surface area contributed by atoms with Gasteiger partial charge in [-0.3, -0.25) is 8.91 Å². The minimum absolute atomic E-state index is 0.360. The molecule has 0 saturated carbocycles. The molecule has 25 heavy (non-hydrogen) atoms. The van der Waals surface area contributed by atoms with E-state index in [1.807, 2.05) is 42.5 Å². The molecule has 3 N–H and O–H groups in total. The lowest BCUT2D eigenvalue weighted by Crippen LogP contribution is -2.11. The predicted octanol–water partition coefficient (Wildman–Crippen LogP) is 3.99. The first-order valence-corrected chi connectivity index (χ1v) is 9.11. The van der Waals surface area contributed by atoms with Crippen molar-refractivity contribution in [3.63, 3.8) is 0 Å². The van der Waals surface area contributed by atoms with E-state index >= 15 is 0 Å². The molecule has 1 atom stereocenters. The molecule has 3 aromatic carbocycles. The second-order valence-electron chi connectivity index (χ2n) is 5.40. The van der Waals surface area contributed by atoms with Crippen LogP contribution in [0.5, 0.6) is 11.5 Å². The van der Waals surface area contributed by atoms with E-state index in [0.717, 1.165) is 16.5 Å². The monoisotopic (exact) mass is 356 g/mol. The molecule has 0 radical (unpaired) electrons. The van der Waals surface area contributed by atoms with Gasteiger partial charge in [0.05, 0.1) is 6.61 Å². The molecule has 0 aliphatic rings. The highest BCUT2D eigenvalue weighted by Gasteiger charge is 2.04. The average Bonchev–Trinajstić information content (AvgIpc) is 2.64. The van der Waals surface area contributed by atoms with Crippen molar-refractivity contribution in [1.29, 1.82) is 0 Å². The van der Waals surface area contributed by atoms with Crippen LogP contribution in [0.4, 0.5) is 5.69 Å². The fourth-order valence-corrected chi connectivity index (χ4v) is 3.00. The first kappa shape index (κ1) is 17.4. The van der Waals surface area contributed by atoms with Gasteiger partial charge in [-0.05, 0) is 48.7 Å². The molecule has 0 aliphatic carbocycles. The molecule has 0 spiro atoms. The number of nitrogens with one attached hydrogen (secondary N) is 1. The lowest BCUT2D eigenvalue weighted by Gasteiger charge is -2.10. The Hall–Kier alpha value is -2.41. The van der Waals surface area contributed by atoms with Crippen molar-refractivity contribution in [2.75, 3.05) is 17.9 Å². The standard InChI is InChI=1S/C19H20N2O3S/c20-13-4-14-23-25(22)21-16-9-11-17(12-10-16)24-19-8-3-6-15-5-1-2-7-18(15)19/h1-3,5-12,21H,4,13-14,20H2. The summed E-state index contributed by atoms with van der Waals surface area (Å²) in [4.78, 5) is 0. The van der Waals surface area contributed by atoms with Crippen molar-refractivity contribution in [2.24, 2.45) is 5.73 Å². The summed E-state index contributed by atoms with van der Waals surface area (Å²) in [6, 6.07) is 21.3. The molecule has 6 heteroatoms. The maximum absolute atomic E-state index is 11.7. The highest BCUT2D eigenvalue weighted by atomic mass is 32.2. The molecule has 3 aromatic rings. The Morgan fingerprint density at radius 3 is 2.52 bits per heavy atom. The van der Waals surface area contributed by atoms with Crippen LogP contribution in [-0.4, -0.2) is 17.4 Å². The quantitative estimate of drug-likeness (QED) is 0.599. The van der Waals surface area contributed by atoms with Crippen molar-refractivity contribution in [2.45, 2.75) is 6.42 Å². The van der Waals surface area contributed by atoms with Gasteiger partial charge in [0.1, 0.15) is 11.5 Å². The van der Waals surface area contributed by atoms with Crippen molar-refractivity contribution < 1.29 is 13.1 Å². The van der Waals surface area contributed by atoms with Gasteiger partial charge in [0.25, 0.3) is 11.3 Å². The number of anilines is 1. The van der Waals surface area contributed by atoms with Gasteiger partial charge in [0.15, 0.2) is 0 Å². The molecule has 0 aromatic heterocycles. The Bertz CT molecular complexity index is 847. The van der Waals surface area contributed by atoms with E-state index in [1.54, 1.807) is 12.1 Å². The normalized spacial score (nSPS) is 12.0. The molecule has 3 rings (SSSR count). The molecule has 0 amide bonds. The van der Waals surface area contributed by atoms with E-state index in [4.69, 9.17) is 14.7 Å². The second kappa shape index (κ2) is 8.62. The SMILES string of the molecule is NCCCOS(=O)Nc1ccc(Oc2cccc3ccccc23)cc1. The third kappa shape index (κ3) is 4.79. The van der Waals surface area contributed by atoms with Crippen LogP contribution in [0.1, 0.15) is 6.42 Å². The zero-order valence-corrected chi connectivity index (χ0v) is 14.5. The third-order valence-electron chi connectivity index (χ3n) is 3.57. The molecule has 1 unspecified atom stereocenters. The lowest BCUT2D eigenvalue weighted by atomic mass is 10.1. The fraction of sp³-hybridized carbons (Fsp3) is 0.158. The van der Waals surface area contributed by atoms with Crippen LogP contribution in [0.3, 0.4) is 0 Å². The lowest BCUT2D eigenvalue weighted by molar-refractivity contribution is 0.345. The first-order valence-electron chi connectivity index (χ1n) is 8.04. The number of ether oxygens (including phenoxy) is 1. The van der Waals surface area contributed by atoms with Crippen LogP contribution >= 0.6 is 0 Å². The van der Waals surface area contributed by atoms with Gasteiger partial charge in [-0.2, -0.15) is 0 Å². The maximum Gasteiger partial charge on any atom is 0.261 e. The minimum Gasteiger partial charge on any atom is -0.457 e. The van der Waals surface area contributed by atoms with Gasteiger partial charge in [-0.15, -0.1) is 0 Å². The molecule has 130 valence electrons. The van der Waals surface area contributed by atoms with Crippen molar-refractivity contribution in [3.05, 3.63) is 66.7 Å².